The first-order valence-corrected chi connectivity index (χ1v) is 10.2. The number of piperidine rings is 1. The molecule has 6 nitrogen and oxygen atoms in total. The minimum atomic E-state index is -0.143. The first-order chi connectivity index (χ1) is 12.6. The standard InChI is InChI=1S/C20H31N5O/c1-14-11-18(23-15(2)22-14)25-9-6-17(7-10-25)24-19(26)20-8-4-3-5-16(20)12-21-13-20/h11,16-17,21H,3-10,12-13H2,1-2H3,(H,24,26)/t16-,20+/m0/s1. The summed E-state index contributed by atoms with van der Waals surface area (Å²) >= 11 is 0. The van der Waals surface area contributed by atoms with Crippen LogP contribution in [-0.2, 0) is 4.79 Å². The number of carbonyl (C=O) groups is 1. The van der Waals surface area contributed by atoms with Gasteiger partial charge in [0, 0.05) is 37.4 Å². The monoisotopic (exact) mass is 357 g/mol. The van der Waals surface area contributed by atoms with Crippen LogP contribution in [0.15, 0.2) is 6.07 Å². The van der Waals surface area contributed by atoms with Crippen molar-refractivity contribution in [2.75, 3.05) is 31.1 Å². The fourth-order valence-electron chi connectivity index (χ4n) is 5.13. The van der Waals surface area contributed by atoms with Gasteiger partial charge in [-0.15, -0.1) is 0 Å². The summed E-state index contributed by atoms with van der Waals surface area (Å²) in [5, 5.41) is 6.89. The highest BCUT2D eigenvalue weighted by Gasteiger charge is 2.50. The van der Waals surface area contributed by atoms with E-state index in [2.05, 4.69) is 31.6 Å². The van der Waals surface area contributed by atoms with Crippen molar-refractivity contribution in [2.24, 2.45) is 11.3 Å². The van der Waals surface area contributed by atoms with Gasteiger partial charge >= 0.3 is 0 Å². The largest absolute Gasteiger partial charge is 0.356 e. The molecule has 2 atom stereocenters. The second kappa shape index (κ2) is 7.14. The first-order valence-electron chi connectivity index (χ1n) is 10.2. The van der Waals surface area contributed by atoms with Crippen LogP contribution in [0.2, 0.25) is 0 Å². The number of aromatic nitrogens is 2. The van der Waals surface area contributed by atoms with Crippen LogP contribution >= 0.6 is 0 Å². The lowest BCUT2D eigenvalue weighted by molar-refractivity contribution is -0.134. The number of amides is 1. The van der Waals surface area contributed by atoms with Gasteiger partial charge in [0.2, 0.25) is 5.91 Å². The smallest absolute Gasteiger partial charge is 0.228 e. The zero-order valence-electron chi connectivity index (χ0n) is 16.1. The molecule has 0 bridgehead atoms. The number of fused-ring (bicyclic) bond motifs is 1. The van der Waals surface area contributed by atoms with Crippen LogP contribution < -0.4 is 15.5 Å². The van der Waals surface area contributed by atoms with E-state index in [1.807, 2.05) is 13.8 Å². The third-order valence-corrected chi connectivity index (χ3v) is 6.60. The molecule has 0 radical (unpaired) electrons. The highest BCUT2D eigenvalue weighted by Crippen LogP contribution is 2.44. The van der Waals surface area contributed by atoms with Gasteiger partial charge in [-0.05, 0) is 52.0 Å². The van der Waals surface area contributed by atoms with Gasteiger partial charge in [-0.2, -0.15) is 0 Å². The summed E-state index contributed by atoms with van der Waals surface area (Å²) in [6, 6.07) is 2.35. The quantitative estimate of drug-likeness (QED) is 0.865. The van der Waals surface area contributed by atoms with E-state index in [0.29, 0.717) is 17.9 Å². The molecule has 2 saturated heterocycles. The van der Waals surface area contributed by atoms with Gasteiger partial charge in [0.15, 0.2) is 0 Å². The van der Waals surface area contributed by atoms with Crippen LogP contribution in [-0.4, -0.2) is 48.1 Å². The van der Waals surface area contributed by atoms with Crippen LogP contribution in [0.3, 0.4) is 0 Å². The van der Waals surface area contributed by atoms with Crippen molar-refractivity contribution in [2.45, 2.75) is 58.4 Å². The van der Waals surface area contributed by atoms with E-state index in [-0.39, 0.29) is 5.41 Å². The number of carbonyl (C=O) groups excluding carboxylic acids is 1. The number of anilines is 1. The highest BCUT2D eigenvalue weighted by molar-refractivity contribution is 5.84. The van der Waals surface area contributed by atoms with Crippen molar-refractivity contribution in [3.8, 4) is 0 Å². The van der Waals surface area contributed by atoms with Crippen molar-refractivity contribution < 1.29 is 4.79 Å². The summed E-state index contributed by atoms with van der Waals surface area (Å²) < 4.78 is 0. The summed E-state index contributed by atoms with van der Waals surface area (Å²) in [6.07, 6.45) is 6.69. The Bertz CT molecular complexity index is 650. The topological polar surface area (TPSA) is 70.2 Å². The zero-order chi connectivity index (χ0) is 18.1. The third kappa shape index (κ3) is 3.31. The second-order valence-electron chi connectivity index (χ2n) is 8.38. The maximum atomic E-state index is 13.1. The molecular formula is C20H31N5O. The lowest BCUT2D eigenvalue weighted by atomic mass is 9.67. The molecule has 6 heteroatoms. The average molecular weight is 358 g/mol. The van der Waals surface area contributed by atoms with E-state index in [0.717, 1.165) is 62.8 Å². The SMILES string of the molecule is Cc1cc(N2CCC(NC(=O)[C@@]34CCCC[C@H]3CNC4)CC2)nc(C)n1. The molecule has 142 valence electrons. The normalized spacial score (nSPS) is 29.5. The Morgan fingerprint density at radius 2 is 2.04 bits per heavy atom. The Hall–Kier alpha value is -1.69. The van der Waals surface area contributed by atoms with Crippen molar-refractivity contribution in [3.05, 3.63) is 17.6 Å². The van der Waals surface area contributed by atoms with E-state index < -0.39 is 0 Å². The van der Waals surface area contributed by atoms with Crippen LogP contribution in [0.4, 0.5) is 5.82 Å². The van der Waals surface area contributed by atoms with Crippen LogP contribution in [0.5, 0.6) is 0 Å². The number of nitrogens with one attached hydrogen (secondary N) is 2. The lowest BCUT2D eigenvalue weighted by Crippen LogP contribution is -2.53. The Kier molecular flexibility index (Phi) is 4.86. The predicted octanol–water partition coefficient (Wildman–Crippen LogP) is 1.96. The molecule has 1 aliphatic carbocycles. The van der Waals surface area contributed by atoms with E-state index in [1.54, 1.807) is 0 Å². The summed E-state index contributed by atoms with van der Waals surface area (Å²) in [6.45, 7) is 7.71. The molecule has 3 aliphatic rings. The van der Waals surface area contributed by atoms with Crippen molar-refractivity contribution >= 4 is 11.7 Å². The molecule has 3 fully saturated rings. The highest BCUT2D eigenvalue weighted by atomic mass is 16.2. The van der Waals surface area contributed by atoms with Gasteiger partial charge in [0.25, 0.3) is 0 Å². The molecule has 1 amide bonds. The molecule has 1 aromatic rings. The average Bonchev–Trinajstić information content (AvgIpc) is 3.07. The molecule has 3 heterocycles. The molecule has 2 aliphatic heterocycles. The van der Waals surface area contributed by atoms with Crippen LogP contribution in [0.25, 0.3) is 0 Å². The Morgan fingerprint density at radius 1 is 1.23 bits per heavy atom. The van der Waals surface area contributed by atoms with E-state index in [4.69, 9.17) is 0 Å². The van der Waals surface area contributed by atoms with Crippen molar-refractivity contribution in [1.29, 1.82) is 0 Å². The molecule has 1 saturated carbocycles. The van der Waals surface area contributed by atoms with Gasteiger partial charge in [0.1, 0.15) is 11.6 Å². The zero-order valence-corrected chi connectivity index (χ0v) is 16.1. The van der Waals surface area contributed by atoms with E-state index in [1.165, 1.54) is 19.3 Å². The minimum absolute atomic E-state index is 0.143. The number of hydrogen-bond donors (Lipinski definition) is 2. The molecule has 0 aromatic carbocycles. The molecule has 26 heavy (non-hydrogen) atoms. The Balaban J connectivity index is 1.36. The maximum absolute atomic E-state index is 13.1. The van der Waals surface area contributed by atoms with Gasteiger partial charge in [-0.3, -0.25) is 4.79 Å². The number of aryl methyl sites for hydroxylation is 2. The number of rotatable bonds is 3. The Morgan fingerprint density at radius 3 is 2.81 bits per heavy atom. The fraction of sp³-hybridized carbons (Fsp3) is 0.750. The second-order valence-corrected chi connectivity index (χ2v) is 8.38. The summed E-state index contributed by atoms with van der Waals surface area (Å²) in [5.41, 5.74) is 0.870. The Labute approximate surface area is 156 Å². The van der Waals surface area contributed by atoms with Gasteiger partial charge in [-0.1, -0.05) is 12.8 Å². The molecular weight excluding hydrogens is 326 g/mol. The summed E-state index contributed by atoms with van der Waals surface area (Å²) in [7, 11) is 0. The maximum Gasteiger partial charge on any atom is 0.228 e. The van der Waals surface area contributed by atoms with Gasteiger partial charge in [0.05, 0.1) is 5.41 Å². The molecule has 1 aromatic heterocycles. The van der Waals surface area contributed by atoms with E-state index >= 15 is 0 Å². The lowest BCUT2D eigenvalue weighted by Gasteiger charge is -2.40. The third-order valence-electron chi connectivity index (χ3n) is 6.60. The van der Waals surface area contributed by atoms with Crippen LogP contribution in [0.1, 0.15) is 50.0 Å². The van der Waals surface area contributed by atoms with E-state index in [9.17, 15) is 4.79 Å². The molecule has 0 spiro atoms. The van der Waals surface area contributed by atoms with Crippen LogP contribution in [0, 0.1) is 25.2 Å². The fourth-order valence-corrected chi connectivity index (χ4v) is 5.13. The van der Waals surface area contributed by atoms with Crippen molar-refractivity contribution in [1.82, 2.24) is 20.6 Å². The molecule has 2 N–H and O–H groups in total. The van der Waals surface area contributed by atoms with Crippen molar-refractivity contribution in [3.63, 3.8) is 0 Å². The van der Waals surface area contributed by atoms with Gasteiger partial charge in [-0.25, -0.2) is 9.97 Å². The first kappa shape index (κ1) is 17.7. The number of nitrogens with zero attached hydrogens (tertiary/aromatic N) is 3. The predicted molar refractivity (Wildman–Crippen MR) is 102 cm³/mol. The van der Waals surface area contributed by atoms with Gasteiger partial charge < -0.3 is 15.5 Å². The molecule has 0 unspecified atom stereocenters. The number of hydrogen-bond acceptors (Lipinski definition) is 5. The minimum Gasteiger partial charge on any atom is -0.356 e. The molecule has 4 rings (SSSR count). The summed E-state index contributed by atoms with van der Waals surface area (Å²) in [5.74, 6) is 2.68. The summed E-state index contributed by atoms with van der Waals surface area (Å²) in [4.78, 5) is 24.4.